The third kappa shape index (κ3) is 3.31. The number of methoxy groups -OCH3 is 2. The van der Waals surface area contributed by atoms with Crippen molar-refractivity contribution in [2.45, 2.75) is 38.3 Å². The fourth-order valence-corrected chi connectivity index (χ4v) is 4.79. The highest BCUT2D eigenvalue weighted by atomic mass is 16.5. The van der Waals surface area contributed by atoms with Gasteiger partial charge in [-0.25, -0.2) is 14.8 Å². The molecule has 1 atom stereocenters. The van der Waals surface area contributed by atoms with Crippen LogP contribution in [0.25, 0.3) is 11.3 Å². The number of carbonyl (C=O) groups is 1. The van der Waals surface area contributed by atoms with Crippen molar-refractivity contribution < 1.29 is 19.0 Å². The molecule has 0 amide bonds. The fourth-order valence-electron chi connectivity index (χ4n) is 4.79. The highest BCUT2D eigenvalue weighted by molar-refractivity contribution is 5.89. The smallest absolute Gasteiger partial charge is 0.343 e. The van der Waals surface area contributed by atoms with Crippen LogP contribution in [0.2, 0.25) is 0 Å². The average molecular weight is 448 g/mol. The SMILES string of the molecule is COC(=O)c1cn2c(cc1=O)-c1cc(OC)c(Oc3ncccn3)cc1C1CCC(C)(C)N12. The van der Waals surface area contributed by atoms with Crippen LogP contribution >= 0.6 is 0 Å². The van der Waals surface area contributed by atoms with Gasteiger partial charge in [-0.05, 0) is 50.5 Å². The van der Waals surface area contributed by atoms with E-state index in [4.69, 9.17) is 14.2 Å². The molecular weight excluding hydrogens is 424 g/mol. The van der Waals surface area contributed by atoms with E-state index in [2.05, 4.69) is 28.8 Å². The van der Waals surface area contributed by atoms with Gasteiger partial charge in [0.1, 0.15) is 5.56 Å². The number of hydrogen-bond donors (Lipinski definition) is 0. The second-order valence-electron chi connectivity index (χ2n) is 8.71. The largest absolute Gasteiger partial charge is 0.493 e. The summed E-state index contributed by atoms with van der Waals surface area (Å²) in [6.45, 7) is 4.30. The molecule has 0 aliphatic carbocycles. The molecule has 2 aliphatic heterocycles. The van der Waals surface area contributed by atoms with Crippen LogP contribution in [-0.2, 0) is 4.74 Å². The van der Waals surface area contributed by atoms with Gasteiger partial charge in [-0.3, -0.25) is 14.5 Å². The van der Waals surface area contributed by atoms with E-state index in [0.717, 1.165) is 24.0 Å². The lowest BCUT2D eigenvalue weighted by molar-refractivity contribution is 0.0598. The van der Waals surface area contributed by atoms with Gasteiger partial charge >= 0.3 is 12.0 Å². The van der Waals surface area contributed by atoms with Crippen LogP contribution in [0, 0.1) is 0 Å². The molecule has 9 nitrogen and oxygen atoms in total. The molecule has 9 heteroatoms. The summed E-state index contributed by atoms with van der Waals surface area (Å²) in [5, 5.41) is 2.21. The number of esters is 1. The number of rotatable bonds is 4. The highest BCUT2D eigenvalue weighted by Gasteiger charge is 2.45. The summed E-state index contributed by atoms with van der Waals surface area (Å²) >= 11 is 0. The Morgan fingerprint density at radius 1 is 1.12 bits per heavy atom. The first kappa shape index (κ1) is 21.0. The number of hydrogen-bond acceptors (Lipinski definition) is 8. The van der Waals surface area contributed by atoms with Crippen LogP contribution in [0.4, 0.5) is 0 Å². The molecule has 3 aromatic rings. The van der Waals surface area contributed by atoms with E-state index in [-0.39, 0.29) is 23.2 Å². The minimum atomic E-state index is -0.654. The molecule has 1 fully saturated rings. The Kier molecular flexibility index (Phi) is 4.84. The van der Waals surface area contributed by atoms with E-state index < -0.39 is 11.4 Å². The lowest BCUT2D eigenvalue weighted by Crippen LogP contribution is -2.50. The predicted octanol–water partition coefficient (Wildman–Crippen LogP) is 3.46. The van der Waals surface area contributed by atoms with Crippen LogP contribution in [0.3, 0.4) is 0 Å². The maximum atomic E-state index is 12.8. The van der Waals surface area contributed by atoms with Gasteiger partial charge in [0.2, 0.25) is 0 Å². The van der Waals surface area contributed by atoms with Gasteiger partial charge in [-0.2, -0.15) is 0 Å². The molecule has 2 aromatic heterocycles. The summed E-state index contributed by atoms with van der Waals surface area (Å²) in [6, 6.07) is 7.23. The molecule has 0 N–H and O–H groups in total. The summed E-state index contributed by atoms with van der Waals surface area (Å²) in [5.41, 5.74) is 1.93. The molecule has 1 aromatic carbocycles. The van der Waals surface area contributed by atoms with Crippen molar-refractivity contribution in [3.8, 4) is 28.8 Å². The zero-order chi connectivity index (χ0) is 23.3. The second kappa shape index (κ2) is 7.61. The average Bonchev–Trinajstić information content (AvgIpc) is 3.14. The summed E-state index contributed by atoms with van der Waals surface area (Å²) in [4.78, 5) is 33.3. The topological polar surface area (TPSA) is 95.8 Å². The van der Waals surface area contributed by atoms with Crippen molar-refractivity contribution in [1.82, 2.24) is 14.6 Å². The van der Waals surface area contributed by atoms with E-state index in [9.17, 15) is 9.59 Å². The fraction of sp³-hybridized carbons (Fsp3) is 0.333. The van der Waals surface area contributed by atoms with E-state index >= 15 is 0 Å². The Morgan fingerprint density at radius 2 is 1.88 bits per heavy atom. The molecule has 0 saturated carbocycles. The van der Waals surface area contributed by atoms with E-state index in [1.165, 1.54) is 13.2 Å². The molecule has 0 radical (unpaired) electrons. The number of benzene rings is 1. The Morgan fingerprint density at radius 3 is 2.58 bits per heavy atom. The minimum absolute atomic E-state index is 0.000653. The van der Waals surface area contributed by atoms with Crippen molar-refractivity contribution >= 4 is 5.97 Å². The quantitative estimate of drug-likeness (QED) is 0.560. The first-order chi connectivity index (χ1) is 15.8. The van der Waals surface area contributed by atoms with Crippen LogP contribution < -0.4 is 19.9 Å². The molecule has 4 heterocycles. The van der Waals surface area contributed by atoms with Crippen molar-refractivity contribution in [3.05, 3.63) is 64.2 Å². The maximum Gasteiger partial charge on any atom is 0.343 e. The molecule has 1 unspecified atom stereocenters. The lowest BCUT2D eigenvalue weighted by atomic mass is 9.93. The molecule has 2 aliphatic rings. The van der Waals surface area contributed by atoms with Gasteiger partial charge in [0.15, 0.2) is 16.9 Å². The second-order valence-corrected chi connectivity index (χ2v) is 8.71. The molecule has 0 bridgehead atoms. The van der Waals surface area contributed by atoms with Gasteiger partial charge in [-0.1, -0.05) is 0 Å². The Bertz CT molecular complexity index is 1300. The predicted molar refractivity (Wildman–Crippen MR) is 120 cm³/mol. The molecule has 5 rings (SSSR count). The third-order valence-corrected chi connectivity index (χ3v) is 6.33. The maximum absolute atomic E-state index is 12.8. The standard InChI is InChI=1S/C24H24N4O5/c1-24(2)7-6-17-14-11-21(33-23-25-8-5-9-26-23)20(31-3)10-15(14)18-12-19(29)16(22(30)32-4)13-27(18)28(17)24/h5,8-13,17H,6-7H2,1-4H3. The first-order valence-electron chi connectivity index (χ1n) is 10.7. The minimum Gasteiger partial charge on any atom is -0.493 e. The zero-order valence-corrected chi connectivity index (χ0v) is 18.9. The van der Waals surface area contributed by atoms with E-state index in [1.54, 1.807) is 31.8 Å². The zero-order valence-electron chi connectivity index (χ0n) is 18.9. The third-order valence-electron chi connectivity index (χ3n) is 6.33. The summed E-state index contributed by atoms with van der Waals surface area (Å²) in [5.74, 6) is 0.330. The van der Waals surface area contributed by atoms with Gasteiger partial charge in [0.25, 0.3) is 0 Å². The van der Waals surface area contributed by atoms with Crippen molar-refractivity contribution in [2.75, 3.05) is 19.2 Å². The Hall–Kier alpha value is -3.88. The van der Waals surface area contributed by atoms with Gasteiger partial charge in [-0.15, -0.1) is 0 Å². The Balaban J connectivity index is 1.73. The monoisotopic (exact) mass is 448 g/mol. The number of carbonyl (C=O) groups excluding carboxylic acids is 1. The summed E-state index contributed by atoms with van der Waals surface area (Å²) < 4.78 is 18.3. The van der Waals surface area contributed by atoms with Crippen molar-refractivity contribution in [3.63, 3.8) is 0 Å². The number of aromatic nitrogens is 3. The van der Waals surface area contributed by atoms with Crippen LogP contribution in [0.5, 0.6) is 17.5 Å². The van der Waals surface area contributed by atoms with Crippen LogP contribution in [-0.4, -0.2) is 40.4 Å². The van der Waals surface area contributed by atoms with Crippen molar-refractivity contribution in [2.24, 2.45) is 0 Å². The van der Waals surface area contributed by atoms with Crippen LogP contribution in [0.15, 0.2) is 47.7 Å². The lowest BCUT2D eigenvalue weighted by Gasteiger charge is -2.44. The summed E-state index contributed by atoms with van der Waals surface area (Å²) in [7, 11) is 2.83. The number of pyridine rings is 1. The molecular formula is C24H24N4O5. The first-order valence-corrected chi connectivity index (χ1v) is 10.7. The van der Waals surface area contributed by atoms with Gasteiger partial charge < -0.3 is 14.2 Å². The van der Waals surface area contributed by atoms with E-state index in [1.807, 2.05) is 16.8 Å². The number of nitrogens with zero attached hydrogens (tertiary/aromatic N) is 4. The molecule has 1 saturated heterocycles. The summed E-state index contributed by atoms with van der Waals surface area (Å²) in [6.07, 6.45) is 6.63. The van der Waals surface area contributed by atoms with Gasteiger partial charge in [0.05, 0.1) is 31.5 Å². The molecule has 170 valence electrons. The Labute approximate surface area is 190 Å². The molecule has 33 heavy (non-hydrogen) atoms. The highest BCUT2D eigenvalue weighted by Crippen LogP contribution is 2.50. The van der Waals surface area contributed by atoms with Crippen LogP contribution in [0.1, 0.15) is 48.7 Å². The van der Waals surface area contributed by atoms with Gasteiger partial charge in [0, 0.05) is 30.2 Å². The van der Waals surface area contributed by atoms with Crippen molar-refractivity contribution in [1.29, 1.82) is 0 Å². The normalized spacial score (nSPS) is 17.6. The molecule has 0 spiro atoms. The van der Waals surface area contributed by atoms with E-state index in [0.29, 0.717) is 17.2 Å². The number of fused-ring (bicyclic) bond motifs is 6. The number of ether oxygens (including phenoxy) is 3.